The van der Waals surface area contributed by atoms with Gasteiger partial charge in [0.1, 0.15) is 6.04 Å². The van der Waals surface area contributed by atoms with E-state index in [1.54, 1.807) is 6.92 Å². The maximum atomic E-state index is 11.8. The van der Waals surface area contributed by atoms with E-state index in [0.29, 0.717) is 13.0 Å². The molecule has 0 radical (unpaired) electrons. The highest BCUT2D eigenvalue weighted by molar-refractivity contribution is 7.99. The predicted octanol–water partition coefficient (Wildman–Crippen LogP) is 0.112. The average molecular weight is 273 g/mol. The van der Waals surface area contributed by atoms with E-state index in [4.69, 9.17) is 0 Å². The molecule has 104 valence electrons. The molecule has 2 unspecified atom stereocenters. The number of nitrogens with one attached hydrogen (secondary N) is 3. The van der Waals surface area contributed by atoms with Crippen molar-refractivity contribution < 1.29 is 9.59 Å². The van der Waals surface area contributed by atoms with Gasteiger partial charge in [-0.25, -0.2) is 0 Å². The van der Waals surface area contributed by atoms with E-state index < -0.39 is 6.04 Å². The summed E-state index contributed by atoms with van der Waals surface area (Å²) in [6.07, 6.45) is 1.34. The highest BCUT2D eigenvalue weighted by Gasteiger charge is 2.19. The molecule has 5 nitrogen and oxygen atoms in total. The molecule has 2 atom stereocenters. The molecule has 1 rings (SSSR count). The van der Waals surface area contributed by atoms with Crippen molar-refractivity contribution >= 4 is 23.6 Å². The molecule has 3 N–H and O–H groups in total. The van der Waals surface area contributed by atoms with Crippen LogP contribution in [0.3, 0.4) is 0 Å². The Kier molecular flexibility index (Phi) is 7.12. The van der Waals surface area contributed by atoms with Gasteiger partial charge in [-0.3, -0.25) is 9.59 Å². The first-order valence-electron chi connectivity index (χ1n) is 6.51. The van der Waals surface area contributed by atoms with Crippen LogP contribution in [0.15, 0.2) is 0 Å². The molecule has 0 aromatic heterocycles. The van der Waals surface area contributed by atoms with Crippen LogP contribution in [0.2, 0.25) is 0 Å². The molecule has 2 amide bonds. The second kappa shape index (κ2) is 8.37. The van der Waals surface area contributed by atoms with Gasteiger partial charge in [-0.2, -0.15) is 11.8 Å². The Morgan fingerprint density at radius 3 is 2.89 bits per heavy atom. The molecule has 0 saturated carbocycles. The van der Waals surface area contributed by atoms with Gasteiger partial charge in [0.15, 0.2) is 0 Å². The lowest BCUT2D eigenvalue weighted by Crippen LogP contribution is -2.47. The van der Waals surface area contributed by atoms with E-state index in [1.165, 1.54) is 0 Å². The molecule has 1 heterocycles. The molecule has 0 aromatic carbocycles. The van der Waals surface area contributed by atoms with E-state index in [-0.39, 0.29) is 17.9 Å². The smallest absolute Gasteiger partial charge is 0.242 e. The number of amides is 2. The normalized spacial score (nSPS) is 21.1. The fourth-order valence-corrected chi connectivity index (χ4v) is 2.69. The van der Waals surface area contributed by atoms with Gasteiger partial charge in [0.2, 0.25) is 11.8 Å². The maximum absolute atomic E-state index is 11.8. The van der Waals surface area contributed by atoms with Crippen LogP contribution in [0.4, 0.5) is 0 Å². The van der Waals surface area contributed by atoms with Crippen molar-refractivity contribution in [2.45, 2.75) is 38.8 Å². The average Bonchev–Trinajstić information content (AvgIpc) is 2.36. The van der Waals surface area contributed by atoms with E-state index in [0.717, 1.165) is 24.5 Å². The van der Waals surface area contributed by atoms with Crippen molar-refractivity contribution in [2.24, 2.45) is 0 Å². The summed E-state index contributed by atoms with van der Waals surface area (Å²) in [7, 11) is 0. The standard InChI is InChI=1S/C12H23N3O2S/c1-3-4-14-12(17)9(2)15-11(16)7-10-8-18-6-5-13-10/h9-10,13H,3-8H2,1-2H3,(H,14,17)(H,15,16). The van der Waals surface area contributed by atoms with E-state index in [9.17, 15) is 9.59 Å². The molecule has 0 aliphatic carbocycles. The summed E-state index contributed by atoms with van der Waals surface area (Å²) < 4.78 is 0. The number of hydrogen-bond acceptors (Lipinski definition) is 4. The zero-order valence-electron chi connectivity index (χ0n) is 11.1. The third kappa shape index (κ3) is 5.73. The van der Waals surface area contributed by atoms with Gasteiger partial charge in [0, 0.05) is 37.1 Å². The van der Waals surface area contributed by atoms with E-state index in [1.807, 2.05) is 18.7 Å². The Morgan fingerprint density at radius 2 is 2.28 bits per heavy atom. The molecule has 0 bridgehead atoms. The van der Waals surface area contributed by atoms with Crippen molar-refractivity contribution in [2.75, 3.05) is 24.6 Å². The molecular formula is C12H23N3O2S. The van der Waals surface area contributed by atoms with Gasteiger partial charge in [0.05, 0.1) is 0 Å². The second-order valence-electron chi connectivity index (χ2n) is 4.51. The van der Waals surface area contributed by atoms with Gasteiger partial charge in [0.25, 0.3) is 0 Å². The van der Waals surface area contributed by atoms with Gasteiger partial charge < -0.3 is 16.0 Å². The van der Waals surface area contributed by atoms with Crippen molar-refractivity contribution in [1.82, 2.24) is 16.0 Å². The lowest BCUT2D eigenvalue weighted by molar-refractivity contribution is -0.128. The largest absolute Gasteiger partial charge is 0.354 e. The molecule has 0 aromatic rings. The van der Waals surface area contributed by atoms with E-state index in [2.05, 4.69) is 16.0 Å². The van der Waals surface area contributed by atoms with Gasteiger partial charge >= 0.3 is 0 Å². The first-order chi connectivity index (χ1) is 8.63. The molecule has 1 aliphatic heterocycles. The van der Waals surface area contributed by atoms with Crippen LogP contribution in [0.1, 0.15) is 26.7 Å². The second-order valence-corrected chi connectivity index (χ2v) is 5.66. The SMILES string of the molecule is CCCNC(=O)C(C)NC(=O)CC1CSCCN1. The van der Waals surface area contributed by atoms with Crippen molar-refractivity contribution in [3.63, 3.8) is 0 Å². The number of rotatable bonds is 6. The summed E-state index contributed by atoms with van der Waals surface area (Å²) in [5, 5.41) is 8.81. The summed E-state index contributed by atoms with van der Waals surface area (Å²) in [4.78, 5) is 23.3. The minimum Gasteiger partial charge on any atom is -0.354 e. The van der Waals surface area contributed by atoms with Crippen molar-refractivity contribution in [1.29, 1.82) is 0 Å². The minimum atomic E-state index is -0.458. The third-order valence-corrected chi connectivity index (χ3v) is 3.88. The van der Waals surface area contributed by atoms with Crippen LogP contribution >= 0.6 is 11.8 Å². The van der Waals surface area contributed by atoms with Crippen LogP contribution in [0, 0.1) is 0 Å². The molecule has 1 fully saturated rings. The summed E-state index contributed by atoms with van der Waals surface area (Å²) >= 11 is 1.86. The Labute approximate surface area is 113 Å². The van der Waals surface area contributed by atoms with E-state index >= 15 is 0 Å². The summed E-state index contributed by atoms with van der Waals surface area (Å²) in [5.41, 5.74) is 0. The summed E-state index contributed by atoms with van der Waals surface area (Å²) in [6, 6.07) is -0.227. The highest BCUT2D eigenvalue weighted by Crippen LogP contribution is 2.09. The quantitative estimate of drug-likeness (QED) is 0.642. The van der Waals surface area contributed by atoms with Crippen LogP contribution in [-0.2, 0) is 9.59 Å². The Hall–Kier alpha value is -0.750. The fourth-order valence-electron chi connectivity index (χ4n) is 1.74. The highest BCUT2D eigenvalue weighted by atomic mass is 32.2. The molecule has 6 heteroatoms. The Morgan fingerprint density at radius 1 is 1.50 bits per heavy atom. The predicted molar refractivity (Wildman–Crippen MR) is 74.6 cm³/mol. The van der Waals surface area contributed by atoms with Crippen molar-refractivity contribution in [3.8, 4) is 0 Å². The minimum absolute atomic E-state index is 0.0610. The first-order valence-corrected chi connectivity index (χ1v) is 7.67. The lowest BCUT2D eigenvalue weighted by atomic mass is 10.2. The number of carbonyl (C=O) groups excluding carboxylic acids is 2. The third-order valence-electron chi connectivity index (χ3n) is 2.75. The van der Waals surface area contributed by atoms with Crippen LogP contribution in [-0.4, -0.2) is 48.5 Å². The van der Waals surface area contributed by atoms with Crippen LogP contribution < -0.4 is 16.0 Å². The van der Waals surface area contributed by atoms with Crippen LogP contribution in [0.25, 0.3) is 0 Å². The molecular weight excluding hydrogens is 250 g/mol. The maximum Gasteiger partial charge on any atom is 0.242 e. The lowest BCUT2D eigenvalue weighted by Gasteiger charge is -2.23. The topological polar surface area (TPSA) is 70.2 Å². The molecule has 1 saturated heterocycles. The molecule has 0 spiro atoms. The molecule has 18 heavy (non-hydrogen) atoms. The zero-order chi connectivity index (χ0) is 13.4. The first kappa shape index (κ1) is 15.3. The Bertz CT molecular complexity index is 280. The zero-order valence-corrected chi connectivity index (χ0v) is 11.9. The Balaban J connectivity index is 2.23. The number of carbonyl (C=O) groups is 2. The van der Waals surface area contributed by atoms with Gasteiger partial charge in [-0.15, -0.1) is 0 Å². The molecule has 1 aliphatic rings. The fraction of sp³-hybridized carbons (Fsp3) is 0.833. The summed E-state index contributed by atoms with van der Waals surface area (Å²) in [5.74, 6) is 1.89. The van der Waals surface area contributed by atoms with Gasteiger partial charge in [-0.1, -0.05) is 6.92 Å². The summed E-state index contributed by atoms with van der Waals surface area (Å²) in [6.45, 7) is 5.32. The van der Waals surface area contributed by atoms with Gasteiger partial charge in [-0.05, 0) is 13.3 Å². The van der Waals surface area contributed by atoms with Crippen LogP contribution in [0.5, 0.6) is 0 Å². The van der Waals surface area contributed by atoms with Crippen molar-refractivity contribution in [3.05, 3.63) is 0 Å². The monoisotopic (exact) mass is 273 g/mol. The number of thioether (sulfide) groups is 1. The number of hydrogen-bond donors (Lipinski definition) is 3.